The van der Waals surface area contributed by atoms with Crippen molar-refractivity contribution >= 4 is 29.0 Å². The van der Waals surface area contributed by atoms with Gasteiger partial charge >= 0.3 is 0 Å². The summed E-state index contributed by atoms with van der Waals surface area (Å²) in [5.74, 6) is -0.0908. The minimum Gasteiger partial charge on any atom is -0.289 e. The standard InChI is InChI=1S/C10H8Cl2O/c1-2-3-10(13)7-4-8(11)6-9(12)5-7/h2-6H,1H3/b3-2+. The Morgan fingerprint density at radius 1 is 1.23 bits per heavy atom. The number of ketones is 1. The molecule has 0 N–H and O–H groups in total. The van der Waals surface area contributed by atoms with Crippen molar-refractivity contribution < 1.29 is 4.79 Å². The van der Waals surface area contributed by atoms with Crippen molar-refractivity contribution in [2.24, 2.45) is 0 Å². The van der Waals surface area contributed by atoms with Crippen LogP contribution < -0.4 is 0 Å². The molecule has 0 aliphatic heterocycles. The second kappa shape index (κ2) is 4.45. The van der Waals surface area contributed by atoms with E-state index < -0.39 is 0 Å². The fourth-order valence-corrected chi connectivity index (χ4v) is 1.47. The molecule has 0 aromatic heterocycles. The lowest BCUT2D eigenvalue weighted by Gasteiger charge is -1.97. The van der Waals surface area contributed by atoms with Gasteiger partial charge in [0.2, 0.25) is 0 Å². The highest BCUT2D eigenvalue weighted by Gasteiger charge is 2.03. The first-order valence-electron chi connectivity index (χ1n) is 3.76. The highest BCUT2D eigenvalue weighted by atomic mass is 35.5. The molecule has 3 heteroatoms. The molecular formula is C10H8Cl2O. The lowest BCUT2D eigenvalue weighted by molar-refractivity contribution is 0.104. The van der Waals surface area contributed by atoms with Gasteiger partial charge in [-0.2, -0.15) is 0 Å². The number of rotatable bonds is 2. The summed E-state index contributed by atoms with van der Waals surface area (Å²) in [6.45, 7) is 1.78. The summed E-state index contributed by atoms with van der Waals surface area (Å²) in [6.07, 6.45) is 3.15. The van der Waals surface area contributed by atoms with Crippen molar-refractivity contribution in [3.63, 3.8) is 0 Å². The molecule has 0 saturated carbocycles. The van der Waals surface area contributed by atoms with Gasteiger partial charge in [0.05, 0.1) is 0 Å². The molecule has 0 saturated heterocycles. The van der Waals surface area contributed by atoms with E-state index in [-0.39, 0.29) is 5.78 Å². The van der Waals surface area contributed by atoms with E-state index in [1.54, 1.807) is 31.2 Å². The van der Waals surface area contributed by atoms with Gasteiger partial charge in [0.25, 0.3) is 0 Å². The summed E-state index contributed by atoms with van der Waals surface area (Å²) in [5, 5.41) is 0.945. The SMILES string of the molecule is C/C=C/C(=O)c1cc(Cl)cc(Cl)c1. The molecule has 68 valence electrons. The van der Waals surface area contributed by atoms with Gasteiger partial charge in [-0.25, -0.2) is 0 Å². The molecule has 0 bridgehead atoms. The maximum Gasteiger partial charge on any atom is 0.185 e. The Hall–Kier alpha value is -0.790. The van der Waals surface area contributed by atoms with Crippen molar-refractivity contribution in [1.82, 2.24) is 0 Å². The minimum atomic E-state index is -0.0908. The van der Waals surface area contributed by atoms with Gasteiger partial charge in [-0.1, -0.05) is 29.3 Å². The fourth-order valence-electron chi connectivity index (χ4n) is 0.944. The second-order valence-corrected chi connectivity index (χ2v) is 3.40. The highest BCUT2D eigenvalue weighted by Crippen LogP contribution is 2.19. The number of halogens is 2. The van der Waals surface area contributed by atoms with Gasteiger partial charge in [-0.3, -0.25) is 4.79 Å². The number of benzene rings is 1. The summed E-state index contributed by atoms with van der Waals surface area (Å²) >= 11 is 11.5. The lowest BCUT2D eigenvalue weighted by atomic mass is 10.1. The Labute approximate surface area is 87.0 Å². The summed E-state index contributed by atoms with van der Waals surface area (Å²) in [5.41, 5.74) is 0.510. The zero-order chi connectivity index (χ0) is 9.84. The largest absolute Gasteiger partial charge is 0.289 e. The summed E-state index contributed by atoms with van der Waals surface area (Å²) in [4.78, 5) is 11.3. The average Bonchev–Trinajstić information content (AvgIpc) is 2.03. The quantitative estimate of drug-likeness (QED) is 0.542. The zero-order valence-electron chi connectivity index (χ0n) is 7.05. The van der Waals surface area contributed by atoms with Crippen molar-refractivity contribution in [2.45, 2.75) is 6.92 Å². The zero-order valence-corrected chi connectivity index (χ0v) is 8.56. The van der Waals surface area contributed by atoms with E-state index in [1.807, 2.05) is 0 Å². The second-order valence-electron chi connectivity index (χ2n) is 2.52. The van der Waals surface area contributed by atoms with E-state index in [2.05, 4.69) is 0 Å². The van der Waals surface area contributed by atoms with Crippen LogP contribution in [0.3, 0.4) is 0 Å². The van der Waals surface area contributed by atoms with E-state index in [0.29, 0.717) is 15.6 Å². The van der Waals surface area contributed by atoms with Crippen molar-refractivity contribution in [3.05, 3.63) is 46.0 Å². The lowest BCUT2D eigenvalue weighted by Crippen LogP contribution is -1.93. The molecule has 0 heterocycles. The first-order valence-corrected chi connectivity index (χ1v) is 4.52. The van der Waals surface area contributed by atoms with Crippen LogP contribution in [0.25, 0.3) is 0 Å². The molecule has 1 nitrogen and oxygen atoms in total. The summed E-state index contributed by atoms with van der Waals surface area (Å²) in [7, 11) is 0. The van der Waals surface area contributed by atoms with E-state index >= 15 is 0 Å². The summed E-state index contributed by atoms with van der Waals surface area (Å²) < 4.78 is 0. The molecule has 0 spiro atoms. The van der Waals surface area contributed by atoms with Crippen LogP contribution in [0, 0.1) is 0 Å². The third-order valence-corrected chi connectivity index (χ3v) is 1.90. The Balaban J connectivity index is 3.08. The van der Waals surface area contributed by atoms with Crippen LogP contribution in [0.4, 0.5) is 0 Å². The van der Waals surface area contributed by atoms with Gasteiger partial charge < -0.3 is 0 Å². The monoisotopic (exact) mass is 214 g/mol. The molecule has 0 fully saturated rings. The van der Waals surface area contributed by atoms with E-state index in [4.69, 9.17) is 23.2 Å². The average molecular weight is 215 g/mol. The normalized spacial score (nSPS) is 10.7. The van der Waals surface area contributed by atoms with Crippen LogP contribution in [-0.4, -0.2) is 5.78 Å². The Morgan fingerprint density at radius 3 is 2.23 bits per heavy atom. The molecule has 1 rings (SSSR count). The Kier molecular flexibility index (Phi) is 3.52. The molecule has 1 aromatic carbocycles. The number of carbonyl (C=O) groups is 1. The number of hydrogen-bond acceptors (Lipinski definition) is 1. The predicted octanol–water partition coefficient (Wildman–Crippen LogP) is 3.75. The predicted molar refractivity (Wildman–Crippen MR) is 55.6 cm³/mol. The van der Waals surface area contributed by atoms with Crippen LogP contribution in [-0.2, 0) is 0 Å². The molecule has 0 radical (unpaired) electrons. The third kappa shape index (κ3) is 2.87. The first-order chi connectivity index (χ1) is 6.13. The van der Waals surface area contributed by atoms with Gasteiger partial charge in [0.15, 0.2) is 5.78 Å². The molecule has 0 unspecified atom stereocenters. The third-order valence-electron chi connectivity index (χ3n) is 1.47. The molecular weight excluding hydrogens is 207 g/mol. The molecule has 0 aliphatic carbocycles. The topological polar surface area (TPSA) is 17.1 Å². The van der Waals surface area contributed by atoms with Gasteiger partial charge in [0, 0.05) is 15.6 Å². The van der Waals surface area contributed by atoms with E-state index in [9.17, 15) is 4.79 Å². The van der Waals surface area contributed by atoms with Crippen LogP contribution >= 0.6 is 23.2 Å². The van der Waals surface area contributed by atoms with Gasteiger partial charge in [-0.05, 0) is 31.2 Å². The van der Waals surface area contributed by atoms with Crippen molar-refractivity contribution in [2.75, 3.05) is 0 Å². The number of hydrogen-bond donors (Lipinski definition) is 0. The van der Waals surface area contributed by atoms with Crippen LogP contribution in [0.2, 0.25) is 10.0 Å². The maximum absolute atomic E-state index is 11.3. The molecule has 0 atom stereocenters. The summed E-state index contributed by atoms with van der Waals surface area (Å²) in [6, 6.07) is 4.78. The molecule has 0 amide bonds. The Morgan fingerprint density at radius 2 is 1.77 bits per heavy atom. The molecule has 1 aromatic rings. The van der Waals surface area contributed by atoms with E-state index in [0.717, 1.165) is 0 Å². The number of allylic oxidation sites excluding steroid dienone is 2. The smallest absolute Gasteiger partial charge is 0.185 e. The van der Waals surface area contributed by atoms with Gasteiger partial charge in [0.1, 0.15) is 0 Å². The fraction of sp³-hybridized carbons (Fsp3) is 0.100. The van der Waals surface area contributed by atoms with Crippen molar-refractivity contribution in [1.29, 1.82) is 0 Å². The maximum atomic E-state index is 11.3. The minimum absolute atomic E-state index is 0.0908. The van der Waals surface area contributed by atoms with Crippen LogP contribution in [0.15, 0.2) is 30.4 Å². The first kappa shape index (κ1) is 10.3. The highest BCUT2D eigenvalue weighted by molar-refractivity contribution is 6.35. The van der Waals surface area contributed by atoms with Crippen LogP contribution in [0.1, 0.15) is 17.3 Å². The van der Waals surface area contributed by atoms with Crippen molar-refractivity contribution in [3.8, 4) is 0 Å². The molecule has 0 aliphatic rings. The van der Waals surface area contributed by atoms with E-state index in [1.165, 1.54) is 6.08 Å². The van der Waals surface area contributed by atoms with Crippen LogP contribution in [0.5, 0.6) is 0 Å². The number of carbonyl (C=O) groups excluding carboxylic acids is 1. The van der Waals surface area contributed by atoms with Gasteiger partial charge in [-0.15, -0.1) is 0 Å². The molecule has 13 heavy (non-hydrogen) atoms. The Bertz CT molecular complexity index is 336.